The van der Waals surface area contributed by atoms with Gasteiger partial charge in [-0.1, -0.05) is 0 Å². The summed E-state index contributed by atoms with van der Waals surface area (Å²) in [6.07, 6.45) is -9.13. The number of halogens is 5. The fourth-order valence-corrected chi connectivity index (χ4v) is 1.24. The standard InChI is InChI=1S/C9H5F5N2O/c10-8(11)6-5(17)3-4(1-2-15)16-7(6)9(12,13)14/h3,8H,1H2,(H,16,17). The summed E-state index contributed by atoms with van der Waals surface area (Å²) >= 11 is 0. The molecular formula is C9H5F5N2O. The lowest BCUT2D eigenvalue weighted by Crippen LogP contribution is -2.22. The zero-order chi connectivity index (χ0) is 13.2. The molecule has 0 saturated heterocycles. The molecule has 0 bridgehead atoms. The Morgan fingerprint density at radius 2 is 2.00 bits per heavy atom. The van der Waals surface area contributed by atoms with E-state index in [1.54, 1.807) is 4.98 Å². The number of H-pyrrole nitrogens is 1. The largest absolute Gasteiger partial charge is 0.431 e. The third kappa shape index (κ3) is 2.81. The normalized spacial score (nSPS) is 11.6. The molecule has 1 heterocycles. The third-order valence-corrected chi connectivity index (χ3v) is 1.90. The van der Waals surface area contributed by atoms with Crippen LogP contribution in [0.3, 0.4) is 0 Å². The molecule has 1 N–H and O–H groups in total. The Morgan fingerprint density at radius 3 is 2.41 bits per heavy atom. The molecule has 0 aliphatic rings. The Kier molecular flexibility index (Phi) is 3.50. The lowest BCUT2D eigenvalue weighted by atomic mass is 10.1. The molecular weight excluding hydrogens is 247 g/mol. The maximum absolute atomic E-state index is 12.4. The SMILES string of the molecule is N#CCc1cc(=O)c(C(F)F)c(C(F)(F)F)[nH]1. The minimum atomic E-state index is -5.10. The number of hydrogen-bond donors (Lipinski definition) is 1. The van der Waals surface area contributed by atoms with Crippen molar-refractivity contribution in [1.82, 2.24) is 4.98 Å². The second-order valence-electron chi connectivity index (χ2n) is 3.08. The molecule has 0 saturated carbocycles. The number of aromatic amines is 1. The molecule has 92 valence electrons. The van der Waals surface area contributed by atoms with Gasteiger partial charge in [-0.3, -0.25) is 4.79 Å². The first-order chi connectivity index (χ1) is 7.77. The van der Waals surface area contributed by atoms with Crippen LogP contribution in [0.15, 0.2) is 10.9 Å². The van der Waals surface area contributed by atoms with Crippen LogP contribution in [0.2, 0.25) is 0 Å². The van der Waals surface area contributed by atoms with Crippen LogP contribution in [0.25, 0.3) is 0 Å². The average molecular weight is 252 g/mol. The van der Waals surface area contributed by atoms with Gasteiger partial charge in [0.1, 0.15) is 5.69 Å². The van der Waals surface area contributed by atoms with Crippen molar-refractivity contribution in [3.05, 3.63) is 33.2 Å². The van der Waals surface area contributed by atoms with E-state index in [1.807, 2.05) is 0 Å². The highest BCUT2D eigenvalue weighted by Gasteiger charge is 2.38. The van der Waals surface area contributed by atoms with Crippen molar-refractivity contribution in [1.29, 1.82) is 5.26 Å². The Hall–Kier alpha value is -1.91. The van der Waals surface area contributed by atoms with Gasteiger partial charge in [-0.15, -0.1) is 0 Å². The summed E-state index contributed by atoms with van der Waals surface area (Å²) in [6, 6.07) is 2.08. The molecule has 17 heavy (non-hydrogen) atoms. The van der Waals surface area contributed by atoms with E-state index in [0.717, 1.165) is 0 Å². The molecule has 0 unspecified atom stereocenters. The van der Waals surface area contributed by atoms with Gasteiger partial charge < -0.3 is 4.98 Å². The van der Waals surface area contributed by atoms with E-state index in [9.17, 15) is 26.7 Å². The van der Waals surface area contributed by atoms with Crippen molar-refractivity contribution in [2.45, 2.75) is 19.0 Å². The summed E-state index contributed by atoms with van der Waals surface area (Å²) in [7, 11) is 0. The van der Waals surface area contributed by atoms with Gasteiger partial charge in [0.25, 0.3) is 6.43 Å². The molecule has 0 aliphatic heterocycles. The first kappa shape index (κ1) is 13.2. The zero-order valence-corrected chi connectivity index (χ0v) is 8.11. The van der Waals surface area contributed by atoms with Gasteiger partial charge in [0.2, 0.25) is 0 Å². The fourth-order valence-electron chi connectivity index (χ4n) is 1.24. The van der Waals surface area contributed by atoms with Crippen LogP contribution in [0.4, 0.5) is 22.0 Å². The lowest BCUT2D eigenvalue weighted by Gasteiger charge is -2.12. The van der Waals surface area contributed by atoms with Gasteiger partial charge in [0, 0.05) is 11.8 Å². The molecule has 0 spiro atoms. The van der Waals surface area contributed by atoms with E-state index in [2.05, 4.69) is 0 Å². The fraction of sp³-hybridized carbons (Fsp3) is 0.333. The number of pyridine rings is 1. The quantitative estimate of drug-likeness (QED) is 0.821. The first-order valence-corrected chi connectivity index (χ1v) is 4.25. The maximum atomic E-state index is 12.4. The van der Waals surface area contributed by atoms with E-state index >= 15 is 0 Å². The second kappa shape index (κ2) is 4.53. The number of hydrogen-bond acceptors (Lipinski definition) is 2. The summed E-state index contributed by atoms with van der Waals surface area (Å²) < 4.78 is 62.0. The predicted octanol–water partition coefficient (Wildman–Crippen LogP) is 2.40. The maximum Gasteiger partial charge on any atom is 0.431 e. The van der Waals surface area contributed by atoms with Crippen LogP contribution < -0.4 is 5.43 Å². The van der Waals surface area contributed by atoms with Gasteiger partial charge in [-0.2, -0.15) is 18.4 Å². The van der Waals surface area contributed by atoms with Crippen molar-refractivity contribution in [3.8, 4) is 6.07 Å². The van der Waals surface area contributed by atoms with E-state index in [1.165, 1.54) is 6.07 Å². The lowest BCUT2D eigenvalue weighted by molar-refractivity contribution is -0.143. The third-order valence-electron chi connectivity index (χ3n) is 1.90. The number of nitrogens with zero attached hydrogens (tertiary/aromatic N) is 1. The molecule has 0 aromatic carbocycles. The van der Waals surface area contributed by atoms with Gasteiger partial charge in [0.15, 0.2) is 5.43 Å². The van der Waals surface area contributed by atoms with Crippen molar-refractivity contribution in [2.75, 3.05) is 0 Å². The van der Waals surface area contributed by atoms with Crippen LogP contribution >= 0.6 is 0 Å². The predicted molar refractivity (Wildman–Crippen MR) is 46.3 cm³/mol. The first-order valence-electron chi connectivity index (χ1n) is 4.25. The number of nitriles is 1. The number of rotatable bonds is 2. The Balaban J connectivity index is 3.52. The smallest absolute Gasteiger partial charge is 0.353 e. The number of alkyl halides is 5. The summed E-state index contributed by atoms with van der Waals surface area (Å²) in [5, 5.41) is 8.28. The average Bonchev–Trinajstić information content (AvgIpc) is 2.15. The van der Waals surface area contributed by atoms with Crippen LogP contribution in [-0.2, 0) is 12.6 Å². The van der Waals surface area contributed by atoms with Crippen molar-refractivity contribution < 1.29 is 22.0 Å². The van der Waals surface area contributed by atoms with E-state index < -0.39 is 35.7 Å². The summed E-state index contributed by atoms with van der Waals surface area (Å²) in [4.78, 5) is 12.8. The molecule has 1 rings (SSSR count). The van der Waals surface area contributed by atoms with Crippen LogP contribution in [0.1, 0.15) is 23.4 Å². The summed E-state index contributed by atoms with van der Waals surface area (Å²) in [5.74, 6) is 0. The van der Waals surface area contributed by atoms with E-state index in [0.29, 0.717) is 6.07 Å². The highest BCUT2D eigenvalue weighted by Crippen LogP contribution is 2.33. The highest BCUT2D eigenvalue weighted by molar-refractivity contribution is 5.27. The van der Waals surface area contributed by atoms with Gasteiger partial charge in [-0.05, 0) is 0 Å². The Morgan fingerprint density at radius 1 is 1.41 bits per heavy atom. The summed E-state index contributed by atoms with van der Waals surface area (Å²) in [5.41, 5.74) is -5.21. The van der Waals surface area contributed by atoms with Crippen molar-refractivity contribution in [2.24, 2.45) is 0 Å². The summed E-state index contributed by atoms with van der Waals surface area (Å²) in [6.45, 7) is 0. The van der Waals surface area contributed by atoms with Crippen molar-refractivity contribution >= 4 is 0 Å². The molecule has 0 radical (unpaired) electrons. The number of nitrogens with one attached hydrogen (secondary N) is 1. The molecule has 3 nitrogen and oxygen atoms in total. The topological polar surface area (TPSA) is 56.6 Å². The van der Waals surface area contributed by atoms with Gasteiger partial charge in [0.05, 0.1) is 18.1 Å². The van der Waals surface area contributed by atoms with E-state index in [4.69, 9.17) is 5.26 Å². The van der Waals surface area contributed by atoms with Crippen LogP contribution in [0.5, 0.6) is 0 Å². The molecule has 1 aromatic rings. The molecule has 0 atom stereocenters. The second-order valence-corrected chi connectivity index (χ2v) is 3.08. The molecule has 0 amide bonds. The number of aromatic nitrogens is 1. The molecule has 0 fully saturated rings. The Bertz CT molecular complexity index is 512. The van der Waals surface area contributed by atoms with Crippen LogP contribution in [-0.4, -0.2) is 4.98 Å². The highest BCUT2D eigenvalue weighted by atomic mass is 19.4. The Labute approximate surface area is 91.5 Å². The molecule has 8 heteroatoms. The van der Waals surface area contributed by atoms with E-state index in [-0.39, 0.29) is 5.69 Å². The van der Waals surface area contributed by atoms with Crippen molar-refractivity contribution in [3.63, 3.8) is 0 Å². The molecule has 0 aliphatic carbocycles. The minimum Gasteiger partial charge on any atom is -0.353 e. The van der Waals surface area contributed by atoms with Crippen LogP contribution in [0, 0.1) is 11.3 Å². The van der Waals surface area contributed by atoms with Gasteiger partial charge in [-0.25, -0.2) is 8.78 Å². The minimum absolute atomic E-state index is 0.353. The van der Waals surface area contributed by atoms with Gasteiger partial charge >= 0.3 is 6.18 Å². The monoisotopic (exact) mass is 252 g/mol. The zero-order valence-electron chi connectivity index (χ0n) is 8.11. The molecule has 1 aromatic heterocycles.